The summed E-state index contributed by atoms with van der Waals surface area (Å²) in [6.07, 6.45) is 0. The molecule has 0 saturated heterocycles. The van der Waals surface area contributed by atoms with Gasteiger partial charge in [0.2, 0.25) is 9.84 Å². The van der Waals surface area contributed by atoms with Crippen LogP contribution >= 0.6 is 0 Å². The molecule has 0 heterocycles. The molecule has 0 aliphatic heterocycles. The average Bonchev–Trinajstić information content (AvgIpc) is 3.24. The summed E-state index contributed by atoms with van der Waals surface area (Å²) in [4.78, 5) is 0.449. The van der Waals surface area contributed by atoms with E-state index in [0.717, 1.165) is 22.3 Å². The van der Waals surface area contributed by atoms with Crippen LogP contribution in [-0.4, -0.2) is 22.6 Å². The number of halogens is 1. The molecule has 1 aliphatic carbocycles. The highest BCUT2D eigenvalue weighted by molar-refractivity contribution is 7.95. The van der Waals surface area contributed by atoms with Gasteiger partial charge in [-0.1, -0.05) is 60.2 Å². The van der Waals surface area contributed by atoms with Crippen molar-refractivity contribution < 1.29 is 22.3 Å². The molecular weight excluding hydrogens is 475 g/mol. The third-order valence-corrected chi connectivity index (χ3v) is 8.44. The summed E-state index contributed by atoms with van der Waals surface area (Å²) in [6.45, 7) is 1.91. The van der Waals surface area contributed by atoms with Crippen molar-refractivity contribution in [2.75, 3.05) is 14.2 Å². The lowest BCUT2D eigenvalue weighted by Crippen LogP contribution is -2.13. The third-order valence-electron chi connectivity index (χ3n) is 6.53. The van der Waals surface area contributed by atoms with Gasteiger partial charge in [0.25, 0.3) is 0 Å². The fraction of sp³-hybridized carbons (Fsp3) is 0.133. The summed E-state index contributed by atoms with van der Waals surface area (Å²) in [6, 6.07) is 25.9. The monoisotopic (exact) mass is 500 g/mol. The Morgan fingerprint density at radius 2 is 1.39 bits per heavy atom. The first-order chi connectivity index (χ1) is 17.3. The smallest absolute Gasteiger partial charge is 0.204 e. The quantitative estimate of drug-likeness (QED) is 0.302. The summed E-state index contributed by atoms with van der Waals surface area (Å²) in [5.41, 5.74) is 4.48. The van der Waals surface area contributed by atoms with Gasteiger partial charge in [0.15, 0.2) is 11.5 Å². The van der Waals surface area contributed by atoms with E-state index in [9.17, 15) is 12.8 Å². The molecule has 1 aliphatic rings. The Hall–Kier alpha value is -3.90. The van der Waals surface area contributed by atoms with Crippen molar-refractivity contribution in [1.82, 2.24) is 0 Å². The summed E-state index contributed by atoms with van der Waals surface area (Å²) >= 11 is 0. The molecule has 0 amide bonds. The van der Waals surface area contributed by atoms with E-state index in [-0.39, 0.29) is 15.6 Å². The van der Waals surface area contributed by atoms with E-state index in [4.69, 9.17) is 9.47 Å². The standard InChI is InChI=1S/C30H25FO4S/c1-19-9-15-23(16-10-19)36(32,33)30-28(20-7-5-4-6-8-20)24-17-26(34-2)27(35-3)18-25(24)29(30)21-11-13-22(31)14-12-21/h4-18,29H,1-3H3/t29-/m1/s1. The molecule has 182 valence electrons. The fourth-order valence-corrected chi connectivity index (χ4v) is 6.61. The Morgan fingerprint density at radius 3 is 2.00 bits per heavy atom. The highest BCUT2D eigenvalue weighted by atomic mass is 32.2. The Bertz CT molecular complexity index is 1560. The van der Waals surface area contributed by atoms with Gasteiger partial charge in [0.1, 0.15) is 5.82 Å². The zero-order valence-electron chi connectivity index (χ0n) is 20.2. The third kappa shape index (κ3) is 3.97. The number of sulfone groups is 1. The normalized spacial score (nSPS) is 15.1. The second kappa shape index (κ2) is 9.28. The Labute approximate surface area is 210 Å². The van der Waals surface area contributed by atoms with Crippen LogP contribution in [0, 0.1) is 12.7 Å². The predicted molar refractivity (Wildman–Crippen MR) is 139 cm³/mol. The molecule has 5 rings (SSSR count). The minimum atomic E-state index is -3.96. The van der Waals surface area contributed by atoms with E-state index < -0.39 is 15.8 Å². The van der Waals surface area contributed by atoms with Gasteiger partial charge in [-0.2, -0.15) is 0 Å². The van der Waals surface area contributed by atoms with Crippen LogP contribution in [0.3, 0.4) is 0 Å². The maximum Gasteiger partial charge on any atom is 0.204 e. The number of fused-ring (bicyclic) bond motifs is 1. The molecule has 4 nitrogen and oxygen atoms in total. The van der Waals surface area contributed by atoms with E-state index >= 15 is 0 Å². The van der Waals surface area contributed by atoms with Gasteiger partial charge < -0.3 is 9.47 Å². The molecule has 0 N–H and O–H groups in total. The molecular formula is C30H25FO4S. The first-order valence-electron chi connectivity index (χ1n) is 11.5. The Morgan fingerprint density at radius 1 is 0.778 bits per heavy atom. The zero-order chi connectivity index (χ0) is 25.4. The van der Waals surface area contributed by atoms with Crippen LogP contribution in [0.15, 0.2) is 101 Å². The maximum atomic E-state index is 14.4. The molecule has 0 spiro atoms. The van der Waals surface area contributed by atoms with Crippen molar-refractivity contribution in [3.05, 3.63) is 130 Å². The van der Waals surface area contributed by atoms with E-state index in [1.807, 2.05) is 49.4 Å². The second-order valence-corrected chi connectivity index (χ2v) is 10.6. The van der Waals surface area contributed by atoms with Gasteiger partial charge in [-0.05, 0) is 65.6 Å². The van der Waals surface area contributed by atoms with Crippen LogP contribution in [0.2, 0.25) is 0 Å². The lowest BCUT2D eigenvalue weighted by Gasteiger charge is -2.19. The van der Waals surface area contributed by atoms with E-state index in [0.29, 0.717) is 22.6 Å². The molecule has 6 heteroatoms. The molecule has 36 heavy (non-hydrogen) atoms. The SMILES string of the molecule is COc1cc2c(cc1OC)[C@@H](c1ccc(F)cc1)C(S(=O)(=O)c1ccc(C)cc1)=C2c1ccccc1. The van der Waals surface area contributed by atoms with Crippen molar-refractivity contribution in [1.29, 1.82) is 0 Å². The number of methoxy groups -OCH3 is 2. The van der Waals surface area contributed by atoms with Crippen LogP contribution in [0.25, 0.3) is 5.57 Å². The topological polar surface area (TPSA) is 52.6 Å². The van der Waals surface area contributed by atoms with Crippen molar-refractivity contribution in [3.63, 3.8) is 0 Å². The van der Waals surface area contributed by atoms with Gasteiger partial charge in [0, 0.05) is 11.5 Å². The molecule has 0 radical (unpaired) electrons. The number of ether oxygens (including phenoxy) is 2. The number of allylic oxidation sites excluding steroid dienone is 1. The van der Waals surface area contributed by atoms with Gasteiger partial charge >= 0.3 is 0 Å². The van der Waals surface area contributed by atoms with Gasteiger partial charge in [0.05, 0.1) is 24.0 Å². The van der Waals surface area contributed by atoms with Gasteiger partial charge in [-0.15, -0.1) is 0 Å². The molecule has 0 fully saturated rings. The van der Waals surface area contributed by atoms with Crippen LogP contribution in [0.4, 0.5) is 4.39 Å². The highest BCUT2D eigenvalue weighted by Crippen LogP contribution is 2.54. The first-order valence-corrected chi connectivity index (χ1v) is 13.0. The van der Waals surface area contributed by atoms with Crippen molar-refractivity contribution in [2.24, 2.45) is 0 Å². The predicted octanol–water partition coefficient (Wildman–Crippen LogP) is 6.53. The molecule has 1 atom stereocenters. The molecule has 0 bridgehead atoms. The minimum absolute atomic E-state index is 0.204. The van der Waals surface area contributed by atoms with Crippen molar-refractivity contribution >= 4 is 15.4 Å². The summed E-state index contributed by atoms with van der Waals surface area (Å²) < 4.78 is 53.8. The number of benzene rings is 4. The average molecular weight is 501 g/mol. The number of hydrogen-bond donors (Lipinski definition) is 0. The highest BCUT2D eigenvalue weighted by Gasteiger charge is 2.41. The second-order valence-electron chi connectivity index (χ2n) is 8.70. The van der Waals surface area contributed by atoms with E-state index in [2.05, 4.69) is 0 Å². The summed E-state index contributed by atoms with van der Waals surface area (Å²) in [7, 11) is -0.871. The molecule has 0 saturated carbocycles. The molecule has 0 unspecified atom stereocenters. The molecule has 0 aromatic heterocycles. The van der Waals surface area contributed by atoms with Crippen LogP contribution < -0.4 is 9.47 Å². The maximum absolute atomic E-state index is 14.4. The summed E-state index contributed by atoms with van der Waals surface area (Å²) in [5, 5.41) is 0. The van der Waals surface area contributed by atoms with Crippen molar-refractivity contribution in [3.8, 4) is 11.5 Å². The fourth-order valence-electron chi connectivity index (χ4n) is 4.79. The van der Waals surface area contributed by atoms with Crippen LogP contribution in [-0.2, 0) is 9.84 Å². The summed E-state index contributed by atoms with van der Waals surface area (Å²) in [5.74, 6) is -0.0670. The molecule has 4 aromatic carbocycles. The Balaban J connectivity index is 1.90. The lowest BCUT2D eigenvalue weighted by molar-refractivity contribution is 0.354. The van der Waals surface area contributed by atoms with E-state index in [1.54, 1.807) is 50.6 Å². The van der Waals surface area contributed by atoms with Crippen LogP contribution in [0.1, 0.15) is 33.7 Å². The van der Waals surface area contributed by atoms with Crippen LogP contribution in [0.5, 0.6) is 11.5 Å². The van der Waals surface area contributed by atoms with Gasteiger partial charge in [-0.3, -0.25) is 0 Å². The van der Waals surface area contributed by atoms with E-state index in [1.165, 1.54) is 12.1 Å². The van der Waals surface area contributed by atoms with Crippen molar-refractivity contribution in [2.45, 2.75) is 17.7 Å². The minimum Gasteiger partial charge on any atom is -0.493 e. The molecule has 4 aromatic rings. The number of rotatable bonds is 6. The first kappa shape index (κ1) is 23.8. The zero-order valence-corrected chi connectivity index (χ0v) is 21.0. The largest absolute Gasteiger partial charge is 0.493 e. The van der Waals surface area contributed by atoms with Gasteiger partial charge in [-0.25, -0.2) is 12.8 Å². The Kier molecular flexibility index (Phi) is 6.14. The lowest BCUT2D eigenvalue weighted by atomic mass is 9.92. The number of aryl methyl sites for hydroxylation is 1. The number of hydrogen-bond acceptors (Lipinski definition) is 4.